The van der Waals surface area contributed by atoms with E-state index in [0.717, 1.165) is 6.42 Å². The minimum atomic E-state index is -0.454. The summed E-state index contributed by atoms with van der Waals surface area (Å²) in [6, 6.07) is -0.454. The number of nitrogens with two attached hydrogens (primary N) is 1. The highest BCUT2D eigenvalue weighted by Gasteiger charge is 2.12. The number of rotatable bonds is 6. The van der Waals surface area contributed by atoms with Crippen molar-refractivity contribution in [2.45, 2.75) is 32.2 Å². The van der Waals surface area contributed by atoms with Gasteiger partial charge in [-0.15, -0.1) is 0 Å². The van der Waals surface area contributed by atoms with Crippen molar-refractivity contribution in [2.24, 2.45) is 5.73 Å². The lowest BCUT2D eigenvalue weighted by Gasteiger charge is -2.13. The SMILES string of the molecule is CCC[C@@H](N)C(=O)NCCC(=O)N(C)C. The third-order valence-corrected chi connectivity index (χ3v) is 2.07. The van der Waals surface area contributed by atoms with Crippen LogP contribution in [-0.4, -0.2) is 43.4 Å². The maximum absolute atomic E-state index is 11.3. The number of nitrogens with one attached hydrogen (secondary N) is 1. The van der Waals surface area contributed by atoms with Crippen LogP contribution in [0.4, 0.5) is 0 Å². The smallest absolute Gasteiger partial charge is 0.236 e. The Bertz CT molecular complexity index is 217. The molecule has 0 unspecified atom stereocenters. The van der Waals surface area contributed by atoms with Gasteiger partial charge in [-0.1, -0.05) is 13.3 Å². The van der Waals surface area contributed by atoms with Gasteiger partial charge in [-0.3, -0.25) is 9.59 Å². The normalized spacial score (nSPS) is 12.0. The topological polar surface area (TPSA) is 75.4 Å². The minimum absolute atomic E-state index is 0.000590. The molecule has 0 rings (SSSR count). The second-order valence-corrected chi connectivity index (χ2v) is 3.72. The second-order valence-electron chi connectivity index (χ2n) is 3.72. The number of hydrogen-bond acceptors (Lipinski definition) is 3. The van der Waals surface area contributed by atoms with Crippen molar-refractivity contribution in [1.29, 1.82) is 0 Å². The van der Waals surface area contributed by atoms with Gasteiger partial charge in [0.25, 0.3) is 0 Å². The van der Waals surface area contributed by atoms with E-state index in [1.165, 1.54) is 4.90 Å². The molecule has 0 bridgehead atoms. The average Bonchev–Trinajstić information content (AvgIpc) is 2.17. The first-order valence-corrected chi connectivity index (χ1v) is 5.22. The van der Waals surface area contributed by atoms with Crippen molar-refractivity contribution < 1.29 is 9.59 Å². The Kier molecular flexibility index (Phi) is 6.70. The molecule has 0 saturated carbocycles. The second kappa shape index (κ2) is 7.23. The molecule has 0 aliphatic rings. The Balaban J connectivity index is 3.68. The molecule has 3 N–H and O–H groups in total. The summed E-state index contributed by atoms with van der Waals surface area (Å²) in [5, 5.41) is 2.64. The minimum Gasteiger partial charge on any atom is -0.354 e. The summed E-state index contributed by atoms with van der Waals surface area (Å²) in [6.45, 7) is 2.33. The molecule has 0 fully saturated rings. The van der Waals surface area contributed by atoms with Gasteiger partial charge in [0.15, 0.2) is 0 Å². The van der Waals surface area contributed by atoms with Gasteiger partial charge in [0, 0.05) is 27.1 Å². The van der Waals surface area contributed by atoms with Crippen molar-refractivity contribution in [3.63, 3.8) is 0 Å². The number of hydrogen-bond donors (Lipinski definition) is 2. The quantitative estimate of drug-likeness (QED) is 0.639. The number of carbonyl (C=O) groups is 2. The zero-order valence-electron chi connectivity index (χ0n) is 9.75. The molecule has 88 valence electrons. The predicted molar refractivity (Wildman–Crippen MR) is 59.2 cm³/mol. The van der Waals surface area contributed by atoms with E-state index in [4.69, 9.17) is 5.73 Å². The molecule has 5 nitrogen and oxygen atoms in total. The van der Waals surface area contributed by atoms with Gasteiger partial charge in [0.05, 0.1) is 6.04 Å². The number of amides is 2. The van der Waals surface area contributed by atoms with E-state index in [-0.39, 0.29) is 11.8 Å². The van der Waals surface area contributed by atoms with Gasteiger partial charge < -0.3 is 16.0 Å². The van der Waals surface area contributed by atoms with Gasteiger partial charge in [0.2, 0.25) is 11.8 Å². The van der Waals surface area contributed by atoms with E-state index in [1.54, 1.807) is 14.1 Å². The predicted octanol–water partition coefficient (Wildman–Crippen LogP) is -0.292. The van der Waals surface area contributed by atoms with E-state index < -0.39 is 6.04 Å². The van der Waals surface area contributed by atoms with Crippen molar-refractivity contribution >= 4 is 11.8 Å². The van der Waals surface area contributed by atoms with Crippen molar-refractivity contribution in [3.8, 4) is 0 Å². The fraction of sp³-hybridized carbons (Fsp3) is 0.800. The summed E-state index contributed by atoms with van der Waals surface area (Å²) in [5.74, 6) is -0.178. The first kappa shape index (κ1) is 13.9. The molecule has 5 heteroatoms. The van der Waals surface area contributed by atoms with E-state index in [1.807, 2.05) is 6.92 Å². The molecule has 15 heavy (non-hydrogen) atoms. The van der Waals surface area contributed by atoms with Crippen LogP contribution in [0.1, 0.15) is 26.2 Å². The molecule has 0 heterocycles. The molecule has 0 aliphatic heterocycles. The van der Waals surface area contributed by atoms with Crippen LogP contribution in [0.25, 0.3) is 0 Å². The van der Waals surface area contributed by atoms with E-state index >= 15 is 0 Å². The molecule has 2 amide bonds. The molecule has 0 saturated heterocycles. The van der Waals surface area contributed by atoms with Crippen molar-refractivity contribution in [2.75, 3.05) is 20.6 Å². The van der Waals surface area contributed by atoms with E-state index in [0.29, 0.717) is 19.4 Å². The Labute approximate surface area is 91.0 Å². The molecule has 0 aromatic heterocycles. The molecule has 0 radical (unpaired) electrons. The number of nitrogens with zero attached hydrogens (tertiary/aromatic N) is 1. The van der Waals surface area contributed by atoms with Crippen LogP contribution in [-0.2, 0) is 9.59 Å². The molecule has 0 spiro atoms. The highest BCUT2D eigenvalue weighted by Crippen LogP contribution is 1.93. The maximum Gasteiger partial charge on any atom is 0.236 e. The standard InChI is InChI=1S/C10H21N3O2/c1-4-5-8(11)10(15)12-7-6-9(14)13(2)3/h8H,4-7,11H2,1-3H3,(H,12,15)/t8-/m1/s1. The molecular weight excluding hydrogens is 194 g/mol. The van der Waals surface area contributed by atoms with Gasteiger partial charge in [-0.05, 0) is 6.42 Å². The van der Waals surface area contributed by atoms with Gasteiger partial charge in [-0.25, -0.2) is 0 Å². The van der Waals surface area contributed by atoms with Crippen LogP contribution in [0.5, 0.6) is 0 Å². The lowest BCUT2D eigenvalue weighted by Crippen LogP contribution is -2.41. The van der Waals surface area contributed by atoms with Gasteiger partial charge in [-0.2, -0.15) is 0 Å². The fourth-order valence-electron chi connectivity index (χ4n) is 1.09. The van der Waals surface area contributed by atoms with Gasteiger partial charge in [0.1, 0.15) is 0 Å². The lowest BCUT2D eigenvalue weighted by molar-refractivity contribution is -0.128. The summed E-state index contributed by atoms with van der Waals surface area (Å²) in [5.41, 5.74) is 5.60. The Hall–Kier alpha value is -1.10. The first-order valence-electron chi connectivity index (χ1n) is 5.22. The summed E-state index contributed by atoms with van der Waals surface area (Å²) >= 11 is 0. The Morgan fingerprint density at radius 3 is 2.47 bits per heavy atom. The summed E-state index contributed by atoms with van der Waals surface area (Å²) in [7, 11) is 3.37. The van der Waals surface area contributed by atoms with E-state index in [9.17, 15) is 9.59 Å². The molecule has 0 aromatic carbocycles. The average molecular weight is 215 g/mol. The van der Waals surface area contributed by atoms with Crippen molar-refractivity contribution in [3.05, 3.63) is 0 Å². The van der Waals surface area contributed by atoms with E-state index in [2.05, 4.69) is 5.32 Å². The molecule has 1 atom stereocenters. The van der Waals surface area contributed by atoms with Crippen LogP contribution >= 0.6 is 0 Å². The largest absolute Gasteiger partial charge is 0.354 e. The molecular formula is C10H21N3O2. The highest BCUT2D eigenvalue weighted by molar-refractivity contribution is 5.82. The summed E-state index contributed by atoms with van der Waals surface area (Å²) in [4.78, 5) is 24.0. The van der Waals surface area contributed by atoms with Crippen LogP contribution < -0.4 is 11.1 Å². The maximum atomic E-state index is 11.3. The lowest BCUT2D eigenvalue weighted by atomic mass is 10.1. The summed E-state index contributed by atoms with van der Waals surface area (Å²) in [6.07, 6.45) is 1.87. The summed E-state index contributed by atoms with van der Waals surface area (Å²) < 4.78 is 0. The molecule has 0 aromatic rings. The van der Waals surface area contributed by atoms with Crippen LogP contribution in [0, 0.1) is 0 Å². The van der Waals surface area contributed by atoms with Gasteiger partial charge >= 0.3 is 0 Å². The zero-order chi connectivity index (χ0) is 11.8. The fourth-order valence-corrected chi connectivity index (χ4v) is 1.09. The Morgan fingerprint density at radius 2 is 2.00 bits per heavy atom. The van der Waals surface area contributed by atoms with Crippen LogP contribution in [0.3, 0.4) is 0 Å². The number of carbonyl (C=O) groups excluding carboxylic acids is 2. The highest BCUT2D eigenvalue weighted by atomic mass is 16.2. The Morgan fingerprint density at radius 1 is 1.40 bits per heavy atom. The first-order chi connectivity index (χ1) is 6.99. The zero-order valence-corrected chi connectivity index (χ0v) is 9.75. The van der Waals surface area contributed by atoms with Crippen LogP contribution in [0.15, 0.2) is 0 Å². The third kappa shape index (κ3) is 6.06. The van der Waals surface area contributed by atoms with Crippen molar-refractivity contribution in [1.82, 2.24) is 10.2 Å². The van der Waals surface area contributed by atoms with Crippen LogP contribution in [0.2, 0.25) is 0 Å². The molecule has 0 aliphatic carbocycles. The third-order valence-electron chi connectivity index (χ3n) is 2.07. The monoisotopic (exact) mass is 215 g/mol.